The van der Waals surface area contributed by atoms with E-state index in [0.29, 0.717) is 16.9 Å². The molecule has 128 valence electrons. The monoisotopic (exact) mass is 347 g/mol. The molecule has 0 saturated carbocycles. The van der Waals surface area contributed by atoms with E-state index in [1.165, 1.54) is 0 Å². The number of carbonyl (C=O) groups excluding carboxylic acids is 2. The number of aromatic amines is 1. The van der Waals surface area contributed by atoms with Gasteiger partial charge >= 0.3 is 0 Å². The molecule has 2 aromatic heterocycles. The molecule has 0 saturated heterocycles. The van der Waals surface area contributed by atoms with Crippen LogP contribution in [0.3, 0.4) is 0 Å². The molecular weight excluding hydrogens is 334 g/mol. The minimum Gasteiger partial charge on any atom is -0.363 e. The molecular formula is C18H13N5O3. The van der Waals surface area contributed by atoms with Gasteiger partial charge in [0, 0.05) is 22.2 Å². The topological polar surface area (TPSA) is 127 Å². The number of para-hydroxylation sites is 1. The van der Waals surface area contributed by atoms with Crippen LogP contribution in [0.15, 0.2) is 59.1 Å². The summed E-state index contributed by atoms with van der Waals surface area (Å²) < 4.78 is 5.02. The zero-order chi connectivity index (χ0) is 18.1. The van der Waals surface area contributed by atoms with Gasteiger partial charge in [-0.3, -0.25) is 9.59 Å². The van der Waals surface area contributed by atoms with Crippen molar-refractivity contribution in [2.24, 2.45) is 5.73 Å². The first kappa shape index (κ1) is 15.6. The first-order valence-corrected chi connectivity index (χ1v) is 7.73. The number of benzene rings is 2. The molecule has 8 heteroatoms. The highest BCUT2D eigenvalue weighted by Gasteiger charge is 2.14. The normalized spacial score (nSPS) is 10.8. The van der Waals surface area contributed by atoms with Crippen LogP contribution < -0.4 is 11.1 Å². The number of anilines is 1. The fourth-order valence-electron chi connectivity index (χ4n) is 2.56. The maximum atomic E-state index is 12.5. The van der Waals surface area contributed by atoms with E-state index in [9.17, 15) is 9.59 Å². The lowest BCUT2D eigenvalue weighted by atomic mass is 10.2. The lowest BCUT2D eigenvalue weighted by Crippen LogP contribution is -2.12. The lowest BCUT2D eigenvalue weighted by molar-refractivity contribution is 0.0985. The third-order valence-corrected chi connectivity index (χ3v) is 3.79. The average Bonchev–Trinajstić information content (AvgIpc) is 3.29. The van der Waals surface area contributed by atoms with E-state index in [0.717, 1.165) is 10.9 Å². The van der Waals surface area contributed by atoms with Crippen molar-refractivity contribution in [2.45, 2.75) is 0 Å². The second kappa shape index (κ2) is 6.17. The average molecular weight is 347 g/mol. The molecule has 2 aromatic carbocycles. The first-order chi connectivity index (χ1) is 12.6. The number of nitrogens with two attached hydrogens (primary N) is 1. The molecule has 0 aliphatic rings. The molecule has 0 atom stereocenters. The van der Waals surface area contributed by atoms with Crippen molar-refractivity contribution in [3.63, 3.8) is 0 Å². The zero-order valence-electron chi connectivity index (χ0n) is 13.4. The summed E-state index contributed by atoms with van der Waals surface area (Å²) in [5, 5.41) is 7.26. The van der Waals surface area contributed by atoms with Gasteiger partial charge in [0.1, 0.15) is 5.69 Å². The summed E-state index contributed by atoms with van der Waals surface area (Å²) in [4.78, 5) is 30.5. The number of nitrogens with zero attached hydrogens (tertiary/aromatic N) is 2. The van der Waals surface area contributed by atoms with Crippen molar-refractivity contribution in [1.82, 2.24) is 15.1 Å². The summed E-state index contributed by atoms with van der Waals surface area (Å²) in [6.07, 6.45) is 0. The van der Waals surface area contributed by atoms with Crippen LogP contribution in [-0.2, 0) is 0 Å². The number of hydrogen-bond donors (Lipinski definition) is 3. The van der Waals surface area contributed by atoms with Crippen LogP contribution in [0.4, 0.5) is 5.69 Å². The number of amides is 2. The van der Waals surface area contributed by atoms with Crippen LogP contribution >= 0.6 is 0 Å². The number of aromatic nitrogens is 3. The molecule has 0 unspecified atom stereocenters. The smallest absolute Gasteiger partial charge is 0.290 e. The van der Waals surface area contributed by atoms with E-state index >= 15 is 0 Å². The molecule has 2 amide bonds. The van der Waals surface area contributed by atoms with Crippen LogP contribution in [0, 0.1) is 0 Å². The molecule has 4 N–H and O–H groups in total. The summed E-state index contributed by atoms with van der Waals surface area (Å²) in [5.74, 6) is -1.11. The highest BCUT2D eigenvalue weighted by atomic mass is 16.5. The SMILES string of the molecule is NC(=O)c1noc(-c2cccc(NC(=O)c3cc4ccccc4[nH]3)c2)n1. The molecule has 26 heavy (non-hydrogen) atoms. The number of hydrogen-bond acceptors (Lipinski definition) is 5. The number of nitrogens with one attached hydrogen (secondary N) is 2. The van der Waals surface area contributed by atoms with E-state index in [4.69, 9.17) is 10.3 Å². The van der Waals surface area contributed by atoms with Gasteiger partial charge in [0.15, 0.2) is 0 Å². The third kappa shape index (κ3) is 2.91. The zero-order valence-corrected chi connectivity index (χ0v) is 13.4. The Balaban J connectivity index is 1.58. The quantitative estimate of drug-likeness (QED) is 0.523. The highest BCUT2D eigenvalue weighted by molar-refractivity contribution is 6.06. The van der Waals surface area contributed by atoms with Crippen molar-refractivity contribution in [2.75, 3.05) is 5.32 Å². The molecule has 2 heterocycles. The van der Waals surface area contributed by atoms with E-state index in [-0.39, 0.29) is 17.6 Å². The molecule has 0 spiro atoms. The van der Waals surface area contributed by atoms with Crippen LogP contribution in [0.25, 0.3) is 22.4 Å². The summed E-state index contributed by atoms with van der Waals surface area (Å²) in [7, 11) is 0. The Morgan fingerprint density at radius 3 is 2.69 bits per heavy atom. The molecule has 0 bridgehead atoms. The standard InChI is InChI=1S/C18H13N5O3/c19-15(24)16-22-18(26-23-16)11-5-3-6-12(8-11)20-17(25)14-9-10-4-1-2-7-13(10)21-14/h1-9,21H,(H2,19,24)(H,20,25). The Bertz CT molecular complexity index is 1100. The van der Waals surface area contributed by atoms with Crippen LogP contribution in [0.2, 0.25) is 0 Å². The van der Waals surface area contributed by atoms with Crippen molar-refractivity contribution in [1.29, 1.82) is 0 Å². The lowest BCUT2D eigenvalue weighted by Gasteiger charge is -2.04. The Kier molecular flexibility index (Phi) is 3.70. The summed E-state index contributed by atoms with van der Waals surface area (Å²) in [6.45, 7) is 0. The van der Waals surface area contributed by atoms with E-state index in [1.807, 2.05) is 24.3 Å². The summed E-state index contributed by atoms with van der Waals surface area (Å²) in [5.41, 5.74) is 7.55. The van der Waals surface area contributed by atoms with Gasteiger partial charge in [-0.05, 0) is 30.3 Å². The molecule has 0 fully saturated rings. The molecule has 4 rings (SSSR count). The van der Waals surface area contributed by atoms with Gasteiger partial charge in [-0.2, -0.15) is 4.98 Å². The van der Waals surface area contributed by atoms with Crippen molar-refractivity contribution >= 4 is 28.4 Å². The molecule has 0 aliphatic carbocycles. The van der Waals surface area contributed by atoms with Gasteiger partial charge < -0.3 is 20.6 Å². The van der Waals surface area contributed by atoms with Gasteiger partial charge in [-0.25, -0.2) is 0 Å². The number of rotatable bonds is 4. The van der Waals surface area contributed by atoms with E-state index < -0.39 is 5.91 Å². The first-order valence-electron chi connectivity index (χ1n) is 7.73. The predicted octanol–water partition coefficient (Wildman–Crippen LogP) is 2.57. The summed E-state index contributed by atoms with van der Waals surface area (Å²) in [6, 6.07) is 16.3. The Morgan fingerprint density at radius 1 is 1.08 bits per heavy atom. The number of H-pyrrole nitrogens is 1. The third-order valence-electron chi connectivity index (χ3n) is 3.79. The van der Waals surface area contributed by atoms with Crippen molar-refractivity contribution in [3.05, 3.63) is 66.1 Å². The Labute approximate surface area is 147 Å². The fourth-order valence-corrected chi connectivity index (χ4v) is 2.56. The fraction of sp³-hybridized carbons (Fsp3) is 0. The molecule has 4 aromatic rings. The van der Waals surface area contributed by atoms with Gasteiger partial charge in [-0.15, -0.1) is 0 Å². The predicted molar refractivity (Wildman–Crippen MR) is 94.5 cm³/mol. The highest BCUT2D eigenvalue weighted by Crippen LogP contribution is 2.22. The van der Waals surface area contributed by atoms with Gasteiger partial charge in [0.25, 0.3) is 23.5 Å². The Hall–Kier alpha value is -3.94. The summed E-state index contributed by atoms with van der Waals surface area (Å²) >= 11 is 0. The molecule has 0 aliphatic heterocycles. The minimum atomic E-state index is -0.775. The number of primary amides is 1. The second-order valence-electron chi connectivity index (χ2n) is 5.59. The van der Waals surface area contributed by atoms with Gasteiger partial charge in [0.2, 0.25) is 0 Å². The van der Waals surface area contributed by atoms with Crippen molar-refractivity contribution in [3.8, 4) is 11.5 Å². The Morgan fingerprint density at radius 2 is 1.92 bits per heavy atom. The maximum Gasteiger partial charge on any atom is 0.290 e. The van der Waals surface area contributed by atoms with Gasteiger partial charge in [0.05, 0.1) is 0 Å². The van der Waals surface area contributed by atoms with Crippen LogP contribution in [-0.4, -0.2) is 26.9 Å². The van der Waals surface area contributed by atoms with Crippen LogP contribution in [0.1, 0.15) is 21.1 Å². The van der Waals surface area contributed by atoms with E-state index in [2.05, 4.69) is 20.4 Å². The number of carbonyl (C=O) groups is 2. The number of fused-ring (bicyclic) bond motifs is 1. The van der Waals surface area contributed by atoms with Crippen molar-refractivity contribution < 1.29 is 14.1 Å². The molecule has 8 nitrogen and oxygen atoms in total. The maximum absolute atomic E-state index is 12.5. The molecule has 0 radical (unpaired) electrons. The minimum absolute atomic E-state index is 0.139. The second-order valence-corrected chi connectivity index (χ2v) is 5.59. The van der Waals surface area contributed by atoms with E-state index in [1.54, 1.807) is 30.3 Å². The van der Waals surface area contributed by atoms with Gasteiger partial charge in [-0.1, -0.05) is 29.4 Å². The van der Waals surface area contributed by atoms with Crippen LogP contribution in [0.5, 0.6) is 0 Å². The largest absolute Gasteiger partial charge is 0.363 e.